The summed E-state index contributed by atoms with van der Waals surface area (Å²) in [6.07, 6.45) is 3.71. The first-order valence-electron chi connectivity index (χ1n) is 6.85. The number of anilines is 1. The van der Waals surface area contributed by atoms with Crippen LogP contribution >= 0.6 is 0 Å². The van der Waals surface area contributed by atoms with Gasteiger partial charge in [0, 0.05) is 17.1 Å². The van der Waals surface area contributed by atoms with E-state index in [9.17, 15) is 0 Å². The van der Waals surface area contributed by atoms with Crippen LogP contribution in [0.2, 0.25) is 0 Å². The molecule has 1 aliphatic heterocycles. The molecule has 6 heteroatoms. The van der Waals surface area contributed by atoms with Crippen LogP contribution in [0, 0.1) is 0 Å². The van der Waals surface area contributed by atoms with E-state index in [-0.39, 0.29) is 6.04 Å². The van der Waals surface area contributed by atoms with Crippen molar-refractivity contribution in [3.63, 3.8) is 0 Å². The van der Waals surface area contributed by atoms with Crippen molar-refractivity contribution in [1.29, 1.82) is 0 Å². The number of aromatic nitrogens is 4. The van der Waals surface area contributed by atoms with Crippen molar-refractivity contribution < 1.29 is 0 Å². The molecule has 1 aliphatic rings. The molecule has 0 amide bonds. The van der Waals surface area contributed by atoms with E-state index in [1.165, 1.54) is 0 Å². The summed E-state index contributed by atoms with van der Waals surface area (Å²) in [4.78, 5) is 8.79. The SMILES string of the molecule is CC1=CC(C)NN1c1ncnc2c1nnc1ccccc12. The van der Waals surface area contributed by atoms with Crippen LogP contribution in [0.4, 0.5) is 5.82 Å². The molecule has 1 unspecified atom stereocenters. The first-order valence-corrected chi connectivity index (χ1v) is 6.85. The third-order valence-corrected chi connectivity index (χ3v) is 3.61. The van der Waals surface area contributed by atoms with Crippen molar-refractivity contribution in [3.8, 4) is 0 Å². The zero-order valence-corrected chi connectivity index (χ0v) is 11.8. The van der Waals surface area contributed by atoms with Gasteiger partial charge in [-0.05, 0) is 26.0 Å². The molecule has 6 nitrogen and oxygen atoms in total. The molecule has 104 valence electrons. The second kappa shape index (κ2) is 4.46. The molecule has 2 aromatic heterocycles. The van der Waals surface area contributed by atoms with Gasteiger partial charge in [-0.2, -0.15) is 0 Å². The molecule has 1 atom stereocenters. The van der Waals surface area contributed by atoms with Crippen molar-refractivity contribution in [1.82, 2.24) is 25.6 Å². The molecule has 0 saturated carbocycles. The van der Waals surface area contributed by atoms with Crippen LogP contribution < -0.4 is 10.4 Å². The highest BCUT2D eigenvalue weighted by Gasteiger charge is 2.22. The van der Waals surface area contributed by atoms with E-state index in [0.717, 1.165) is 27.9 Å². The molecule has 3 heterocycles. The largest absolute Gasteiger partial charge is 0.262 e. The average molecular weight is 278 g/mol. The molecule has 21 heavy (non-hydrogen) atoms. The second-order valence-electron chi connectivity index (χ2n) is 5.17. The minimum Gasteiger partial charge on any atom is -0.262 e. The Kier molecular flexibility index (Phi) is 2.58. The van der Waals surface area contributed by atoms with E-state index in [4.69, 9.17) is 0 Å². The van der Waals surface area contributed by atoms with Gasteiger partial charge in [0.05, 0.1) is 5.52 Å². The Labute approximate surface area is 121 Å². The minimum absolute atomic E-state index is 0.267. The minimum atomic E-state index is 0.267. The van der Waals surface area contributed by atoms with Gasteiger partial charge in [-0.3, -0.25) is 5.01 Å². The van der Waals surface area contributed by atoms with Crippen LogP contribution in [-0.4, -0.2) is 26.2 Å². The molecule has 4 rings (SSSR count). The number of benzene rings is 1. The zero-order chi connectivity index (χ0) is 14.4. The molecule has 0 radical (unpaired) electrons. The summed E-state index contributed by atoms with van der Waals surface area (Å²) >= 11 is 0. The van der Waals surface area contributed by atoms with E-state index in [1.807, 2.05) is 36.2 Å². The smallest absolute Gasteiger partial charge is 0.179 e. The van der Waals surface area contributed by atoms with Crippen LogP contribution in [0.15, 0.2) is 42.4 Å². The number of rotatable bonds is 1. The van der Waals surface area contributed by atoms with Crippen molar-refractivity contribution in [2.75, 3.05) is 5.01 Å². The molecule has 0 fully saturated rings. The van der Waals surface area contributed by atoms with Crippen LogP contribution in [0.25, 0.3) is 21.9 Å². The Morgan fingerprint density at radius 1 is 1.10 bits per heavy atom. The van der Waals surface area contributed by atoms with Gasteiger partial charge in [-0.1, -0.05) is 18.2 Å². The maximum atomic E-state index is 4.40. The Bertz CT molecular complexity index is 872. The van der Waals surface area contributed by atoms with Crippen LogP contribution in [0.1, 0.15) is 13.8 Å². The van der Waals surface area contributed by atoms with E-state index >= 15 is 0 Å². The molecule has 0 saturated heterocycles. The molecular formula is C15H14N6. The summed E-state index contributed by atoms with van der Waals surface area (Å²) in [5, 5.41) is 11.5. The fraction of sp³-hybridized carbons (Fsp3) is 0.200. The molecule has 1 aromatic carbocycles. The third-order valence-electron chi connectivity index (χ3n) is 3.61. The first-order chi connectivity index (χ1) is 10.2. The molecule has 3 aromatic rings. The van der Waals surface area contributed by atoms with Gasteiger partial charge in [-0.15, -0.1) is 10.2 Å². The summed E-state index contributed by atoms with van der Waals surface area (Å²) in [6, 6.07) is 8.13. The van der Waals surface area contributed by atoms with Gasteiger partial charge in [0.25, 0.3) is 0 Å². The summed E-state index contributed by atoms with van der Waals surface area (Å²) in [5.41, 5.74) is 6.79. The Morgan fingerprint density at radius 2 is 1.95 bits per heavy atom. The van der Waals surface area contributed by atoms with Crippen molar-refractivity contribution in [2.45, 2.75) is 19.9 Å². The fourth-order valence-corrected chi connectivity index (χ4v) is 2.69. The number of hydrazine groups is 1. The van der Waals surface area contributed by atoms with Gasteiger partial charge in [0.2, 0.25) is 0 Å². The topological polar surface area (TPSA) is 66.8 Å². The predicted molar refractivity (Wildman–Crippen MR) is 81.5 cm³/mol. The maximum Gasteiger partial charge on any atom is 0.179 e. The molecular weight excluding hydrogens is 264 g/mol. The lowest BCUT2D eigenvalue weighted by Crippen LogP contribution is -2.36. The van der Waals surface area contributed by atoms with Gasteiger partial charge in [0.1, 0.15) is 11.8 Å². The van der Waals surface area contributed by atoms with Gasteiger partial charge in [-0.25, -0.2) is 15.4 Å². The van der Waals surface area contributed by atoms with Crippen molar-refractivity contribution >= 4 is 27.8 Å². The molecule has 0 aliphatic carbocycles. The third kappa shape index (κ3) is 1.84. The highest BCUT2D eigenvalue weighted by atomic mass is 15.6. The number of fused-ring (bicyclic) bond motifs is 3. The molecule has 0 spiro atoms. The van der Waals surface area contributed by atoms with E-state index in [2.05, 4.69) is 38.6 Å². The zero-order valence-electron chi connectivity index (χ0n) is 11.8. The molecule has 0 bridgehead atoms. The fourth-order valence-electron chi connectivity index (χ4n) is 2.69. The first kappa shape index (κ1) is 12.2. The van der Waals surface area contributed by atoms with Crippen molar-refractivity contribution in [2.24, 2.45) is 0 Å². The van der Waals surface area contributed by atoms with E-state index in [1.54, 1.807) is 6.33 Å². The summed E-state index contributed by atoms with van der Waals surface area (Å²) in [5.74, 6) is 0.733. The van der Waals surface area contributed by atoms with Gasteiger partial charge >= 0.3 is 0 Å². The lowest BCUT2D eigenvalue weighted by Gasteiger charge is -2.21. The number of hydrogen-bond acceptors (Lipinski definition) is 6. The summed E-state index contributed by atoms with van der Waals surface area (Å²) < 4.78 is 0. The lowest BCUT2D eigenvalue weighted by atomic mass is 10.2. The average Bonchev–Trinajstić information content (AvgIpc) is 2.85. The van der Waals surface area contributed by atoms with Gasteiger partial charge in [0.15, 0.2) is 11.3 Å². The number of hydrogen-bond donors (Lipinski definition) is 1. The van der Waals surface area contributed by atoms with E-state index < -0.39 is 0 Å². The maximum absolute atomic E-state index is 4.40. The van der Waals surface area contributed by atoms with Crippen LogP contribution in [0.5, 0.6) is 0 Å². The molecule has 1 N–H and O–H groups in total. The number of nitrogens with zero attached hydrogens (tertiary/aromatic N) is 5. The van der Waals surface area contributed by atoms with Crippen LogP contribution in [0.3, 0.4) is 0 Å². The number of nitrogens with one attached hydrogen (secondary N) is 1. The Morgan fingerprint density at radius 3 is 2.76 bits per heavy atom. The predicted octanol–water partition coefficient (Wildman–Crippen LogP) is 2.19. The van der Waals surface area contributed by atoms with E-state index in [0.29, 0.717) is 5.52 Å². The monoisotopic (exact) mass is 278 g/mol. The summed E-state index contributed by atoms with van der Waals surface area (Å²) in [6.45, 7) is 4.13. The Hall–Kier alpha value is -2.60. The van der Waals surface area contributed by atoms with Crippen molar-refractivity contribution in [3.05, 3.63) is 42.4 Å². The second-order valence-corrected chi connectivity index (χ2v) is 5.17. The Balaban J connectivity index is 1.99. The number of allylic oxidation sites excluding steroid dienone is 1. The normalized spacial score (nSPS) is 18.5. The summed E-state index contributed by atoms with van der Waals surface area (Å²) in [7, 11) is 0. The standard InChI is InChI=1S/C15H14N6/c1-9-7-10(2)21(20-9)15-14-13(16-8-17-15)11-5-3-4-6-12(11)18-19-14/h3-9,20H,1-2H3. The highest BCUT2D eigenvalue weighted by molar-refractivity contribution is 6.04. The van der Waals surface area contributed by atoms with Crippen LogP contribution in [-0.2, 0) is 0 Å². The highest BCUT2D eigenvalue weighted by Crippen LogP contribution is 2.28. The lowest BCUT2D eigenvalue weighted by molar-refractivity contribution is 0.668. The van der Waals surface area contributed by atoms with Gasteiger partial charge < -0.3 is 0 Å². The quantitative estimate of drug-likeness (QED) is 0.688.